The minimum Gasteiger partial charge on any atom is -0.334 e. The van der Waals surface area contributed by atoms with Crippen molar-refractivity contribution >= 4 is 45.2 Å². The van der Waals surface area contributed by atoms with Crippen molar-refractivity contribution in [1.82, 2.24) is 14.5 Å². The quantitative estimate of drug-likeness (QED) is 0.425. The van der Waals surface area contributed by atoms with Crippen LogP contribution in [-0.2, 0) is 7.05 Å². The van der Waals surface area contributed by atoms with Crippen molar-refractivity contribution in [1.29, 1.82) is 0 Å². The van der Waals surface area contributed by atoms with Gasteiger partial charge in [0, 0.05) is 16.8 Å². The van der Waals surface area contributed by atoms with Crippen molar-refractivity contribution in [2.75, 3.05) is 0 Å². The largest absolute Gasteiger partial charge is 0.334 e. The molecule has 0 unspecified atom stereocenters. The average Bonchev–Trinajstić information content (AvgIpc) is 2.27. The van der Waals surface area contributed by atoms with E-state index < -0.39 is 6.08 Å². The number of fused-ring (bicyclic) bond motifs is 1. The lowest BCUT2D eigenvalue weighted by molar-refractivity contribution is 0.542. The van der Waals surface area contributed by atoms with Gasteiger partial charge in [-0.2, -0.15) is 14.4 Å². The van der Waals surface area contributed by atoms with E-state index in [2.05, 4.69) is 32.6 Å². The predicted molar refractivity (Wildman–Crippen MR) is 56.2 cm³/mol. The molecule has 2 aromatic rings. The van der Waals surface area contributed by atoms with E-state index in [1.165, 1.54) is 0 Å². The molecule has 2 heterocycles. The van der Waals surface area contributed by atoms with E-state index in [9.17, 15) is 4.39 Å². The van der Waals surface area contributed by atoms with Crippen molar-refractivity contribution in [2.45, 2.75) is 0 Å². The van der Waals surface area contributed by atoms with E-state index in [-0.39, 0.29) is 5.15 Å². The Balaban J connectivity index is 2.97. The second-order valence-electron chi connectivity index (χ2n) is 2.57. The lowest BCUT2D eigenvalue weighted by atomic mass is 10.4. The molecule has 3 nitrogen and oxygen atoms in total. The summed E-state index contributed by atoms with van der Waals surface area (Å²) in [5.74, 6) is 0. The Morgan fingerprint density at radius 3 is 2.92 bits per heavy atom. The monoisotopic (exact) mass is 311 g/mol. The molecular weight excluding hydrogens is 307 g/mol. The van der Waals surface area contributed by atoms with Gasteiger partial charge in [0.2, 0.25) is 0 Å². The molecule has 0 aromatic carbocycles. The molecule has 6 heteroatoms. The van der Waals surface area contributed by atoms with Crippen LogP contribution in [-0.4, -0.2) is 14.5 Å². The van der Waals surface area contributed by atoms with E-state index in [1.807, 2.05) is 6.20 Å². The zero-order chi connectivity index (χ0) is 9.59. The third kappa shape index (κ3) is 1.39. The molecule has 68 valence electrons. The summed E-state index contributed by atoms with van der Waals surface area (Å²) in [6.45, 7) is 0. The van der Waals surface area contributed by atoms with Crippen LogP contribution >= 0.6 is 34.2 Å². The summed E-state index contributed by atoms with van der Waals surface area (Å²) in [4.78, 5) is 7.10. The summed E-state index contributed by atoms with van der Waals surface area (Å²) >= 11 is 7.88. The van der Waals surface area contributed by atoms with E-state index >= 15 is 0 Å². The van der Waals surface area contributed by atoms with Gasteiger partial charge in [-0.05, 0) is 22.6 Å². The molecule has 0 saturated carbocycles. The number of aryl methyl sites for hydroxylation is 1. The van der Waals surface area contributed by atoms with Gasteiger partial charge in [-0.1, -0.05) is 11.6 Å². The maximum Gasteiger partial charge on any atom is 0.312 e. The lowest BCUT2D eigenvalue weighted by Crippen LogP contribution is -1.94. The minimum absolute atomic E-state index is 0.160. The Kier molecular flexibility index (Phi) is 2.15. The molecule has 0 spiro atoms. The average molecular weight is 311 g/mol. The SMILES string of the molecule is Cn1cc(I)c2c(Cl)nc(F)nc21. The fourth-order valence-corrected chi connectivity index (χ4v) is 2.48. The van der Waals surface area contributed by atoms with Gasteiger partial charge in [-0.25, -0.2) is 0 Å². The molecule has 13 heavy (non-hydrogen) atoms. The van der Waals surface area contributed by atoms with Crippen LogP contribution in [0.25, 0.3) is 11.0 Å². The van der Waals surface area contributed by atoms with Crippen LogP contribution in [0.4, 0.5) is 4.39 Å². The van der Waals surface area contributed by atoms with Gasteiger partial charge in [0.05, 0.1) is 5.39 Å². The first-order chi connectivity index (χ1) is 6.09. The van der Waals surface area contributed by atoms with Crippen molar-refractivity contribution in [3.8, 4) is 0 Å². The van der Waals surface area contributed by atoms with Gasteiger partial charge in [0.25, 0.3) is 0 Å². The molecule has 2 aromatic heterocycles. The van der Waals surface area contributed by atoms with Gasteiger partial charge >= 0.3 is 6.08 Å². The smallest absolute Gasteiger partial charge is 0.312 e. The Morgan fingerprint density at radius 2 is 2.23 bits per heavy atom. The van der Waals surface area contributed by atoms with Crippen molar-refractivity contribution in [3.63, 3.8) is 0 Å². The summed E-state index contributed by atoms with van der Waals surface area (Å²) in [7, 11) is 1.78. The molecule has 0 fully saturated rings. The molecular formula is C7H4ClFIN3. The highest BCUT2D eigenvalue weighted by molar-refractivity contribution is 14.1. The molecule has 0 aliphatic rings. The summed E-state index contributed by atoms with van der Waals surface area (Å²) < 4.78 is 15.4. The molecule has 0 N–H and O–H groups in total. The maximum atomic E-state index is 12.8. The number of halogens is 3. The maximum absolute atomic E-state index is 12.8. The number of rotatable bonds is 0. The normalized spacial score (nSPS) is 11.1. The van der Waals surface area contributed by atoms with Crippen LogP contribution < -0.4 is 0 Å². The van der Waals surface area contributed by atoms with Crippen molar-refractivity contribution in [3.05, 3.63) is 21.0 Å². The summed E-state index contributed by atoms with van der Waals surface area (Å²) in [5.41, 5.74) is 0.516. The highest BCUT2D eigenvalue weighted by Crippen LogP contribution is 2.26. The van der Waals surface area contributed by atoms with E-state index in [4.69, 9.17) is 11.6 Å². The van der Waals surface area contributed by atoms with Crippen molar-refractivity contribution < 1.29 is 4.39 Å². The van der Waals surface area contributed by atoms with Gasteiger partial charge in [0.15, 0.2) is 0 Å². The Hall–Kier alpha value is -0.430. The Bertz CT molecular complexity index is 482. The lowest BCUT2D eigenvalue weighted by Gasteiger charge is -1.95. The Morgan fingerprint density at radius 1 is 1.54 bits per heavy atom. The van der Waals surface area contributed by atoms with E-state index in [0.29, 0.717) is 11.0 Å². The van der Waals surface area contributed by atoms with Crippen LogP contribution in [0.5, 0.6) is 0 Å². The first-order valence-corrected chi connectivity index (χ1v) is 4.89. The standard InChI is InChI=1S/C7H4ClFIN3/c1-13-2-3(10)4-5(8)11-7(9)12-6(4)13/h2H,1H3. The highest BCUT2D eigenvalue weighted by Gasteiger charge is 2.12. The number of aromatic nitrogens is 3. The number of hydrogen-bond donors (Lipinski definition) is 0. The Labute approximate surface area is 92.1 Å². The third-order valence-corrected chi connectivity index (χ3v) is 2.79. The molecule has 0 atom stereocenters. The predicted octanol–water partition coefficient (Wildman–Crippen LogP) is 2.37. The van der Waals surface area contributed by atoms with Gasteiger partial charge < -0.3 is 4.57 Å². The second kappa shape index (κ2) is 3.06. The van der Waals surface area contributed by atoms with E-state index in [1.54, 1.807) is 11.6 Å². The van der Waals surface area contributed by atoms with Gasteiger partial charge in [-0.3, -0.25) is 0 Å². The van der Waals surface area contributed by atoms with Crippen LogP contribution in [0, 0.1) is 9.65 Å². The summed E-state index contributed by atoms with van der Waals surface area (Å²) in [6, 6.07) is 0. The molecule has 0 amide bonds. The first kappa shape index (κ1) is 9.14. The fraction of sp³-hybridized carbons (Fsp3) is 0.143. The third-order valence-electron chi connectivity index (χ3n) is 1.70. The summed E-state index contributed by atoms with van der Waals surface area (Å²) in [5, 5.41) is 0.860. The molecule has 0 aliphatic heterocycles. The molecule has 0 radical (unpaired) electrons. The topological polar surface area (TPSA) is 30.7 Å². The zero-order valence-electron chi connectivity index (χ0n) is 6.55. The van der Waals surface area contributed by atoms with Crippen LogP contribution in [0.1, 0.15) is 0 Å². The van der Waals surface area contributed by atoms with Gasteiger partial charge in [-0.15, -0.1) is 0 Å². The first-order valence-electron chi connectivity index (χ1n) is 3.43. The summed E-state index contributed by atoms with van der Waals surface area (Å²) in [6.07, 6.45) is 1.03. The second-order valence-corrected chi connectivity index (χ2v) is 4.09. The molecule has 0 aliphatic carbocycles. The minimum atomic E-state index is -0.796. The molecule has 0 saturated heterocycles. The van der Waals surface area contributed by atoms with Crippen molar-refractivity contribution in [2.24, 2.45) is 7.05 Å². The van der Waals surface area contributed by atoms with Crippen LogP contribution in [0.3, 0.4) is 0 Å². The van der Waals surface area contributed by atoms with Crippen LogP contribution in [0.2, 0.25) is 5.15 Å². The van der Waals surface area contributed by atoms with Gasteiger partial charge in [0.1, 0.15) is 10.8 Å². The fourth-order valence-electron chi connectivity index (χ4n) is 1.15. The molecule has 0 bridgehead atoms. The number of hydrogen-bond acceptors (Lipinski definition) is 2. The van der Waals surface area contributed by atoms with E-state index in [0.717, 1.165) is 3.57 Å². The highest BCUT2D eigenvalue weighted by atomic mass is 127. The zero-order valence-corrected chi connectivity index (χ0v) is 9.47. The molecule has 2 rings (SSSR count). The van der Waals surface area contributed by atoms with Crippen LogP contribution in [0.15, 0.2) is 6.20 Å². The number of nitrogens with zero attached hydrogens (tertiary/aromatic N) is 3.